The first-order valence-corrected chi connectivity index (χ1v) is 6.92. The molecule has 0 aliphatic heterocycles. The molecule has 1 amide bonds. The van der Waals surface area contributed by atoms with Crippen LogP contribution in [-0.4, -0.2) is 36.4 Å². The SMILES string of the molecule is CC(NC(=O)OC(C)(C)C)c1ncnn1-c1cc(C#N)ncn1. The van der Waals surface area contributed by atoms with Crippen LogP contribution >= 0.6 is 0 Å². The van der Waals surface area contributed by atoms with Gasteiger partial charge in [-0.1, -0.05) is 0 Å². The average molecular weight is 315 g/mol. The molecule has 1 N–H and O–H groups in total. The van der Waals surface area contributed by atoms with Crippen molar-refractivity contribution in [3.63, 3.8) is 0 Å². The largest absolute Gasteiger partial charge is 0.444 e. The summed E-state index contributed by atoms with van der Waals surface area (Å²) < 4.78 is 6.65. The van der Waals surface area contributed by atoms with Gasteiger partial charge in [0.05, 0.1) is 6.04 Å². The van der Waals surface area contributed by atoms with Crippen LogP contribution in [0, 0.1) is 11.3 Å². The normalized spacial score (nSPS) is 12.3. The molecule has 9 nitrogen and oxygen atoms in total. The van der Waals surface area contributed by atoms with Gasteiger partial charge in [0.2, 0.25) is 0 Å². The van der Waals surface area contributed by atoms with E-state index in [9.17, 15) is 4.79 Å². The van der Waals surface area contributed by atoms with Gasteiger partial charge < -0.3 is 10.1 Å². The van der Waals surface area contributed by atoms with Crippen LogP contribution in [0.15, 0.2) is 18.7 Å². The second kappa shape index (κ2) is 6.39. The monoisotopic (exact) mass is 315 g/mol. The summed E-state index contributed by atoms with van der Waals surface area (Å²) in [6.07, 6.45) is 2.06. The van der Waals surface area contributed by atoms with Crippen LogP contribution in [0.1, 0.15) is 45.3 Å². The van der Waals surface area contributed by atoms with Crippen LogP contribution in [0.2, 0.25) is 0 Å². The predicted octanol–water partition coefficient (Wildman–Crippen LogP) is 1.51. The molecule has 2 aromatic rings. The lowest BCUT2D eigenvalue weighted by atomic mass is 10.2. The Bertz CT molecular complexity index is 742. The van der Waals surface area contributed by atoms with Gasteiger partial charge in [-0.3, -0.25) is 0 Å². The molecule has 0 radical (unpaired) electrons. The zero-order valence-corrected chi connectivity index (χ0v) is 13.3. The maximum Gasteiger partial charge on any atom is 0.408 e. The van der Waals surface area contributed by atoms with Crippen LogP contribution in [0.3, 0.4) is 0 Å². The van der Waals surface area contributed by atoms with Gasteiger partial charge >= 0.3 is 6.09 Å². The van der Waals surface area contributed by atoms with Crippen molar-refractivity contribution >= 4 is 6.09 Å². The van der Waals surface area contributed by atoms with E-state index in [0.29, 0.717) is 11.6 Å². The summed E-state index contributed by atoms with van der Waals surface area (Å²) >= 11 is 0. The third-order valence-electron chi connectivity index (χ3n) is 2.68. The molecule has 2 rings (SSSR count). The Morgan fingerprint density at radius 2 is 2.09 bits per heavy atom. The van der Waals surface area contributed by atoms with E-state index in [0.717, 1.165) is 0 Å². The zero-order valence-electron chi connectivity index (χ0n) is 13.3. The summed E-state index contributed by atoms with van der Waals surface area (Å²) in [5.74, 6) is 0.848. The van der Waals surface area contributed by atoms with E-state index >= 15 is 0 Å². The fourth-order valence-electron chi connectivity index (χ4n) is 1.80. The average Bonchev–Trinajstić information content (AvgIpc) is 2.94. The second-order valence-corrected chi connectivity index (χ2v) is 5.77. The Hall–Kier alpha value is -3.02. The molecule has 0 bridgehead atoms. The van der Waals surface area contributed by atoms with Crippen LogP contribution in [0.25, 0.3) is 5.82 Å². The summed E-state index contributed by atoms with van der Waals surface area (Å²) in [4.78, 5) is 23.9. The maximum atomic E-state index is 11.9. The summed E-state index contributed by atoms with van der Waals surface area (Å²) in [5, 5.41) is 15.7. The maximum absolute atomic E-state index is 11.9. The summed E-state index contributed by atoms with van der Waals surface area (Å²) in [6.45, 7) is 7.09. The summed E-state index contributed by atoms with van der Waals surface area (Å²) in [5.41, 5.74) is -0.379. The molecular formula is C14H17N7O2. The number of carbonyl (C=O) groups excluding carboxylic acids is 1. The first-order valence-electron chi connectivity index (χ1n) is 6.92. The van der Waals surface area contributed by atoms with Crippen LogP contribution in [0.5, 0.6) is 0 Å². The van der Waals surface area contributed by atoms with Gasteiger partial charge in [-0.2, -0.15) is 15.0 Å². The van der Waals surface area contributed by atoms with Crippen molar-refractivity contribution in [1.29, 1.82) is 5.26 Å². The molecule has 2 aromatic heterocycles. The van der Waals surface area contributed by atoms with Crippen molar-refractivity contribution in [2.24, 2.45) is 0 Å². The highest BCUT2D eigenvalue weighted by Crippen LogP contribution is 2.14. The van der Waals surface area contributed by atoms with Crippen molar-refractivity contribution in [2.75, 3.05) is 0 Å². The van der Waals surface area contributed by atoms with Crippen molar-refractivity contribution in [2.45, 2.75) is 39.3 Å². The van der Waals surface area contributed by atoms with Crippen LogP contribution in [0.4, 0.5) is 4.79 Å². The number of nitriles is 1. The smallest absolute Gasteiger partial charge is 0.408 e. The van der Waals surface area contributed by atoms with Crippen molar-refractivity contribution < 1.29 is 9.53 Å². The van der Waals surface area contributed by atoms with Gasteiger partial charge in [-0.05, 0) is 27.7 Å². The number of rotatable bonds is 3. The minimum Gasteiger partial charge on any atom is -0.444 e. The molecule has 1 unspecified atom stereocenters. The summed E-state index contributed by atoms with van der Waals surface area (Å²) in [6, 6.07) is 2.95. The molecule has 2 heterocycles. The molecule has 0 fully saturated rings. The molecule has 0 aromatic carbocycles. The van der Waals surface area contributed by atoms with E-state index in [1.54, 1.807) is 27.7 Å². The Balaban J connectivity index is 2.20. The first kappa shape index (κ1) is 16.4. The van der Waals surface area contributed by atoms with E-state index < -0.39 is 17.7 Å². The molecule has 0 saturated heterocycles. The van der Waals surface area contributed by atoms with E-state index in [1.165, 1.54) is 23.4 Å². The van der Waals surface area contributed by atoms with Crippen molar-refractivity contribution in [3.8, 4) is 11.9 Å². The molecule has 0 spiro atoms. The lowest BCUT2D eigenvalue weighted by molar-refractivity contribution is 0.0505. The molecule has 1 atom stereocenters. The van der Waals surface area contributed by atoms with Crippen LogP contribution in [-0.2, 0) is 4.74 Å². The third-order valence-corrected chi connectivity index (χ3v) is 2.68. The summed E-state index contributed by atoms with van der Waals surface area (Å²) in [7, 11) is 0. The quantitative estimate of drug-likeness (QED) is 0.911. The topological polar surface area (TPSA) is 119 Å². The molecule has 0 aliphatic rings. The number of hydrogen-bond donors (Lipinski definition) is 1. The fraction of sp³-hybridized carbons (Fsp3) is 0.429. The lowest BCUT2D eigenvalue weighted by Crippen LogP contribution is -2.35. The van der Waals surface area contributed by atoms with Crippen LogP contribution < -0.4 is 5.32 Å². The van der Waals surface area contributed by atoms with Gasteiger partial charge in [-0.15, -0.1) is 0 Å². The number of nitrogens with zero attached hydrogens (tertiary/aromatic N) is 6. The molecule has 9 heteroatoms. The lowest BCUT2D eigenvalue weighted by Gasteiger charge is -2.21. The van der Waals surface area contributed by atoms with Crippen molar-refractivity contribution in [3.05, 3.63) is 30.2 Å². The van der Waals surface area contributed by atoms with E-state index in [1.807, 2.05) is 6.07 Å². The second-order valence-electron chi connectivity index (χ2n) is 5.77. The highest BCUT2D eigenvalue weighted by atomic mass is 16.6. The number of nitrogens with one attached hydrogen (secondary N) is 1. The third kappa shape index (κ3) is 4.23. The molecule has 0 aliphatic carbocycles. The Labute approximate surface area is 133 Å². The Morgan fingerprint density at radius 1 is 1.35 bits per heavy atom. The van der Waals surface area contributed by atoms with Gasteiger partial charge in [0, 0.05) is 6.07 Å². The number of carbonyl (C=O) groups is 1. The standard InChI is InChI=1S/C14H17N7O2/c1-9(20-13(22)23-14(2,3)4)12-18-8-19-21(12)11-5-10(6-15)16-7-17-11/h5,7-9H,1-4H3,(H,20,22). The van der Waals surface area contributed by atoms with E-state index in [2.05, 4.69) is 25.4 Å². The van der Waals surface area contributed by atoms with Crippen molar-refractivity contribution in [1.82, 2.24) is 30.0 Å². The van der Waals surface area contributed by atoms with E-state index in [-0.39, 0.29) is 5.69 Å². The highest BCUT2D eigenvalue weighted by molar-refractivity contribution is 5.68. The fourth-order valence-corrected chi connectivity index (χ4v) is 1.80. The van der Waals surface area contributed by atoms with Gasteiger partial charge in [0.15, 0.2) is 11.6 Å². The number of ether oxygens (including phenoxy) is 1. The van der Waals surface area contributed by atoms with Gasteiger partial charge in [-0.25, -0.2) is 19.7 Å². The number of hydrogen-bond acceptors (Lipinski definition) is 7. The molecule has 0 saturated carbocycles. The number of aromatic nitrogens is 5. The highest BCUT2D eigenvalue weighted by Gasteiger charge is 2.21. The number of alkyl carbamates (subject to hydrolysis) is 1. The van der Waals surface area contributed by atoms with Gasteiger partial charge in [0.25, 0.3) is 0 Å². The van der Waals surface area contributed by atoms with Gasteiger partial charge in [0.1, 0.15) is 30.0 Å². The Morgan fingerprint density at radius 3 is 2.74 bits per heavy atom. The minimum absolute atomic E-state index is 0.212. The first-order chi connectivity index (χ1) is 10.8. The molecule has 23 heavy (non-hydrogen) atoms. The molecule has 120 valence electrons. The minimum atomic E-state index is -0.591. The number of amides is 1. The Kier molecular flexibility index (Phi) is 4.55. The molecular weight excluding hydrogens is 298 g/mol. The predicted molar refractivity (Wildman–Crippen MR) is 79.4 cm³/mol. The van der Waals surface area contributed by atoms with E-state index in [4.69, 9.17) is 10.00 Å². The zero-order chi connectivity index (χ0) is 17.0.